The van der Waals surface area contributed by atoms with Crippen LogP contribution in [0.5, 0.6) is 0 Å². The van der Waals surface area contributed by atoms with E-state index in [0.29, 0.717) is 38.7 Å². The molecule has 0 bridgehead atoms. The van der Waals surface area contributed by atoms with Crippen molar-refractivity contribution >= 4 is 28.9 Å². The zero-order valence-corrected chi connectivity index (χ0v) is 19.7. The number of nitriles is 1. The number of carbonyl (C=O) groups is 1. The lowest BCUT2D eigenvalue weighted by Gasteiger charge is -2.21. The Morgan fingerprint density at radius 1 is 1.09 bits per heavy atom. The van der Waals surface area contributed by atoms with Gasteiger partial charge in [0, 0.05) is 22.5 Å². The van der Waals surface area contributed by atoms with E-state index in [4.69, 9.17) is 21.3 Å². The van der Waals surface area contributed by atoms with E-state index in [1.165, 1.54) is 0 Å². The van der Waals surface area contributed by atoms with E-state index in [9.17, 15) is 9.90 Å². The van der Waals surface area contributed by atoms with E-state index in [0.717, 1.165) is 0 Å². The van der Waals surface area contributed by atoms with Gasteiger partial charge in [0.25, 0.3) is 5.91 Å². The fourth-order valence-corrected chi connectivity index (χ4v) is 3.66. The second kappa shape index (κ2) is 10.4. The number of nitrogens with one attached hydrogen (secondary N) is 2. The van der Waals surface area contributed by atoms with Crippen LogP contribution in [0.25, 0.3) is 11.5 Å². The van der Waals surface area contributed by atoms with Gasteiger partial charge in [0.15, 0.2) is 0 Å². The molecule has 8 nitrogen and oxygen atoms in total. The summed E-state index contributed by atoms with van der Waals surface area (Å²) in [6.07, 6.45) is -0.868. The van der Waals surface area contributed by atoms with Gasteiger partial charge in [-0.2, -0.15) is 5.26 Å². The van der Waals surface area contributed by atoms with E-state index in [1.807, 2.05) is 12.1 Å². The summed E-state index contributed by atoms with van der Waals surface area (Å²) in [4.78, 5) is 12.3. The highest BCUT2D eigenvalue weighted by molar-refractivity contribution is 6.32. The lowest BCUT2D eigenvalue weighted by Crippen LogP contribution is -2.23. The molecule has 0 aliphatic carbocycles. The molecule has 3 aromatic carbocycles. The minimum Gasteiger partial charge on any atom is -0.418 e. The van der Waals surface area contributed by atoms with Crippen molar-refractivity contribution in [3.05, 3.63) is 94.3 Å². The van der Waals surface area contributed by atoms with Gasteiger partial charge in [0.1, 0.15) is 12.1 Å². The van der Waals surface area contributed by atoms with E-state index in [1.54, 1.807) is 74.5 Å². The van der Waals surface area contributed by atoms with E-state index < -0.39 is 12.1 Å². The van der Waals surface area contributed by atoms with Crippen molar-refractivity contribution in [2.45, 2.75) is 26.0 Å². The van der Waals surface area contributed by atoms with Crippen molar-refractivity contribution in [2.24, 2.45) is 0 Å². The highest BCUT2D eigenvalue weighted by Crippen LogP contribution is 2.31. The number of halogens is 1. The van der Waals surface area contributed by atoms with Crippen LogP contribution in [-0.4, -0.2) is 27.3 Å². The zero-order chi connectivity index (χ0) is 24.9. The van der Waals surface area contributed by atoms with E-state index >= 15 is 0 Å². The molecular formula is C26H22ClN5O3. The molecule has 0 fully saturated rings. The summed E-state index contributed by atoms with van der Waals surface area (Å²) in [6, 6.07) is 20.6. The third-order valence-electron chi connectivity index (χ3n) is 5.43. The molecule has 3 N–H and O–H groups in total. The fourth-order valence-electron chi connectivity index (χ4n) is 3.45. The number of hydrogen-bond donors (Lipinski definition) is 3. The first kappa shape index (κ1) is 24.0. The maximum atomic E-state index is 12.3. The van der Waals surface area contributed by atoms with Crippen molar-refractivity contribution in [1.29, 1.82) is 5.26 Å². The lowest BCUT2D eigenvalue weighted by atomic mass is 10.1. The third kappa shape index (κ3) is 5.32. The molecule has 9 heteroatoms. The zero-order valence-electron chi connectivity index (χ0n) is 19.0. The number of nitrogens with zero attached hydrogens (tertiary/aromatic N) is 3. The second-order valence-corrected chi connectivity index (χ2v) is 8.29. The normalized spacial score (nSPS) is 12.4. The van der Waals surface area contributed by atoms with Crippen molar-refractivity contribution in [2.75, 3.05) is 10.6 Å². The smallest absolute Gasteiger partial charge is 0.255 e. The van der Waals surface area contributed by atoms with Crippen LogP contribution in [0.15, 0.2) is 71.1 Å². The SMILES string of the molecule is Cc1c(NC(c2nnc(-c3ccc(NC(=O)c4ccccc4)cc3)o2)C(C)O)ccc(C#N)c1Cl. The van der Waals surface area contributed by atoms with Crippen LogP contribution in [0.4, 0.5) is 11.4 Å². The van der Waals surface area contributed by atoms with Crippen LogP contribution in [0, 0.1) is 18.3 Å². The molecular weight excluding hydrogens is 466 g/mol. The molecule has 176 valence electrons. The molecule has 0 spiro atoms. The number of rotatable bonds is 7. The maximum absolute atomic E-state index is 12.3. The van der Waals surface area contributed by atoms with Gasteiger partial charge in [-0.3, -0.25) is 4.79 Å². The number of aliphatic hydroxyl groups is 1. The minimum absolute atomic E-state index is 0.191. The Bertz CT molecular complexity index is 1380. The van der Waals surface area contributed by atoms with Crippen LogP contribution < -0.4 is 10.6 Å². The standard InChI is InChI=1S/C26H22ClN5O3/c1-15-21(13-10-19(14-28)22(15)27)30-23(16(2)33)26-32-31-25(35-26)18-8-11-20(12-9-18)29-24(34)17-6-4-3-5-7-17/h3-13,16,23,30,33H,1-2H3,(H,29,34). The molecule has 2 atom stereocenters. The number of hydrogen-bond acceptors (Lipinski definition) is 7. The molecule has 0 radical (unpaired) electrons. The predicted molar refractivity (Wildman–Crippen MR) is 133 cm³/mol. The Kier molecular flexibility index (Phi) is 7.11. The van der Waals surface area contributed by atoms with Gasteiger partial charge in [0.2, 0.25) is 11.8 Å². The number of benzene rings is 3. The number of aliphatic hydroxyl groups excluding tert-OH is 1. The third-order valence-corrected chi connectivity index (χ3v) is 5.92. The molecule has 2 unspecified atom stereocenters. The molecule has 1 amide bonds. The quantitative estimate of drug-likeness (QED) is 0.320. The molecule has 35 heavy (non-hydrogen) atoms. The van der Waals surface area contributed by atoms with Gasteiger partial charge in [-0.15, -0.1) is 10.2 Å². The van der Waals surface area contributed by atoms with Gasteiger partial charge >= 0.3 is 0 Å². The highest BCUT2D eigenvalue weighted by atomic mass is 35.5. The number of carbonyl (C=O) groups excluding carboxylic acids is 1. The molecule has 4 rings (SSSR count). The van der Waals surface area contributed by atoms with Gasteiger partial charge in [-0.1, -0.05) is 29.8 Å². The predicted octanol–water partition coefficient (Wildman–Crippen LogP) is 5.36. The summed E-state index contributed by atoms with van der Waals surface area (Å²) >= 11 is 6.27. The van der Waals surface area contributed by atoms with Gasteiger partial charge in [0.05, 0.1) is 16.7 Å². The van der Waals surface area contributed by atoms with Crippen molar-refractivity contribution in [3.8, 4) is 17.5 Å². The van der Waals surface area contributed by atoms with Crippen LogP contribution in [0.3, 0.4) is 0 Å². The van der Waals surface area contributed by atoms with Crippen LogP contribution >= 0.6 is 11.6 Å². The lowest BCUT2D eigenvalue weighted by molar-refractivity contribution is 0.102. The van der Waals surface area contributed by atoms with Gasteiger partial charge in [-0.05, 0) is 67.9 Å². The van der Waals surface area contributed by atoms with Crippen LogP contribution in [0.2, 0.25) is 5.02 Å². The van der Waals surface area contributed by atoms with Gasteiger partial charge in [-0.25, -0.2) is 0 Å². The van der Waals surface area contributed by atoms with Crippen molar-refractivity contribution < 1.29 is 14.3 Å². The molecule has 0 aliphatic rings. The summed E-state index contributed by atoms with van der Waals surface area (Å²) in [5.41, 5.74) is 3.52. The van der Waals surface area contributed by atoms with Gasteiger partial charge < -0.3 is 20.2 Å². The molecule has 0 saturated heterocycles. The average molecular weight is 488 g/mol. The first-order chi connectivity index (χ1) is 16.9. The average Bonchev–Trinajstić information content (AvgIpc) is 3.35. The Labute approximate surface area is 207 Å². The highest BCUT2D eigenvalue weighted by Gasteiger charge is 2.25. The largest absolute Gasteiger partial charge is 0.418 e. The molecule has 0 saturated carbocycles. The fraction of sp³-hybridized carbons (Fsp3) is 0.154. The summed E-state index contributed by atoms with van der Waals surface area (Å²) in [5, 5.41) is 34.1. The van der Waals surface area contributed by atoms with Crippen LogP contribution in [0.1, 0.15) is 40.3 Å². The Morgan fingerprint density at radius 2 is 1.80 bits per heavy atom. The Balaban J connectivity index is 1.51. The number of aromatic nitrogens is 2. The molecule has 4 aromatic rings. The monoisotopic (exact) mass is 487 g/mol. The summed E-state index contributed by atoms with van der Waals surface area (Å²) in [5.74, 6) is 0.252. The van der Waals surface area contributed by atoms with Crippen LogP contribution in [-0.2, 0) is 0 Å². The number of anilines is 2. The Hall–Kier alpha value is -4.19. The summed E-state index contributed by atoms with van der Waals surface area (Å²) < 4.78 is 5.85. The first-order valence-corrected chi connectivity index (χ1v) is 11.2. The molecule has 1 heterocycles. The van der Waals surface area contributed by atoms with Crippen molar-refractivity contribution in [1.82, 2.24) is 10.2 Å². The van der Waals surface area contributed by atoms with E-state index in [-0.39, 0.29) is 17.7 Å². The minimum atomic E-state index is -0.868. The number of amides is 1. The van der Waals surface area contributed by atoms with E-state index in [2.05, 4.69) is 20.8 Å². The molecule has 1 aromatic heterocycles. The summed E-state index contributed by atoms with van der Waals surface area (Å²) in [7, 11) is 0. The first-order valence-electron chi connectivity index (χ1n) is 10.8. The second-order valence-electron chi connectivity index (χ2n) is 7.92. The summed E-state index contributed by atoms with van der Waals surface area (Å²) in [6.45, 7) is 3.38. The van der Waals surface area contributed by atoms with Crippen molar-refractivity contribution in [3.63, 3.8) is 0 Å². The Morgan fingerprint density at radius 3 is 2.46 bits per heavy atom. The maximum Gasteiger partial charge on any atom is 0.255 e. The molecule has 0 aliphatic heterocycles. The topological polar surface area (TPSA) is 124 Å².